The molecule has 1 atom stereocenters. The van der Waals surface area contributed by atoms with Gasteiger partial charge in [-0.05, 0) is 29.5 Å². The van der Waals surface area contributed by atoms with Crippen molar-refractivity contribution in [1.29, 1.82) is 0 Å². The molecule has 0 spiro atoms. The van der Waals surface area contributed by atoms with Crippen molar-refractivity contribution in [1.82, 2.24) is 0 Å². The van der Waals surface area contributed by atoms with Crippen LogP contribution in [0.4, 0.5) is 0 Å². The van der Waals surface area contributed by atoms with E-state index >= 15 is 0 Å². The lowest BCUT2D eigenvalue weighted by Gasteiger charge is -2.15. The van der Waals surface area contributed by atoms with Crippen molar-refractivity contribution in [3.63, 3.8) is 0 Å². The van der Waals surface area contributed by atoms with Crippen molar-refractivity contribution in [3.05, 3.63) is 71.3 Å². The van der Waals surface area contributed by atoms with E-state index in [0.29, 0.717) is 0 Å². The molecule has 1 heteroatoms. The van der Waals surface area contributed by atoms with Gasteiger partial charge in [-0.25, -0.2) is 0 Å². The molecule has 0 aliphatic carbocycles. The molecule has 18 heavy (non-hydrogen) atoms. The van der Waals surface area contributed by atoms with E-state index in [2.05, 4.69) is 13.0 Å². The van der Waals surface area contributed by atoms with Gasteiger partial charge in [-0.1, -0.05) is 67.9 Å². The Labute approximate surface area is 109 Å². The zero-order chi connectivity index (χ0) is 12.8. The predicted octanol–water partition coefficient (Wildman–Crippen LogP) is 4.11. The topological polar surface area (TPSA) is 20.2 Å². The third kappa shape index (κ3) is 2.99. The lowest BCUT2D eigenvalue weighted by Crippen LogP contribution is -2.03. The Kier molecular flexibility index (Phi) is 4.54. The molecular weight excluding hydrogens is 220 g/mol. The third-order valence-corrected chi connectivity index (χ3v) is 3.26. The number of aliphatic hydroxyl groups is 1. The van der Waals surface area contributed by atoms with Gasteiger partial charge < -0.3 is 5.11 Å². The second-order valence-electron chi connectivity index (χ2n) is 4.62. The molecule has 0 aliphatic heterocycles. The van der Waals surface area contributed by atoms with E-state index in [9.17, 15) is 5.11 Å². The number of hydrogen-bond donors (Lipinski definition) is 1. The molecule has 0 amide bonds. The van der Waals surface area contributed by atoms with Crippen molar-refractivity contribution >= 4 is 0 Å². The van der Waals surface area contributed by atoms with Crippen LogP contribution in [0, 0.1) is 0 Å². The SMILES string of the molecule is CCCCc1ccccc1C(O)c1ccccc1. The summed E-state index contributed by atoms with van der Waals surface area (Å²) in [4.78, 5) is 0. The van der Waals surface area contributed by atoms with Crippen LogP contribution in [0.15, 0.2) is 54.6 Å². The molecule has 1 nitrogen and oxygen atoms in total. The van der Waals surface area contributed by atoms with Crippen LogP contribution in [0.25, 0.3) is 0 Å². The third-order valence-electron chi connectivity index (χ3n) is 3.26. The highest BCUT2D eigenvalue weighted by atomic mass is 16.3. The maximum atomic E-state index is 10.5. The number of aliphatic hydroxyl groups excluding tert-OH is 1. The van der Waals surface area contributed by atoms with Crippen molar-refractivity contribution < 1.29 is 5.11 Å². The molecule has 1 N–H and O–H groups in total. The first-order chi connectivity index (χ1) is 8.83. The van der Waals surface area contributed by atoms with Crippen LogP contribution in [0.5, 0.6) is 0 Å². The first-order valence-electron chi connectivity index (χ1n) is 6.63. The average Bonchev–Trinajstić information content (AvgIpc) is 2.45. The largest absolute Gasteiger partial charge is 0.384 e. The Morgan fingerprint density at radius 2 is 1.61 bits per heavy atom. The summed E-state index contributed by atoms with van der Waals surface area (Å²) >= 11 is 0. The molecule has 0 fully saturated rings. The minimum Gasteiger partial charge on any atom is -0.384 e. The van der Waals surface area contributed by atoms with E-state index < -0.39 is 6.10 Å². The average molecular weight is 240 g/mol. The van der Waals surface area contributed by atoms with Crippen molar-refractivity contribution in [3.8, 4) is 0 Å². The molecule has 2 aromatic rings. The number of hydrogen-bond acceptors (Lipinski definition) is 1. The van der Waals surface area contributed by atoms with E-state index in [1.165, 1.54) is 18.4 Å². The van der Waals surface area contributed by atoms with Crippen LogP contribution in [0.2, 0.25) is 0 Å². The van der Waals surface area contributed by atoms with Gasteiger partial charge >= 0.3 is 0 Å². The first kappa shape index (κ1) is 12.8. The van der Waals surface area contributed by atoms with Crippen LogP contribution in [0.3, 0.4) is 0 Å². The van der Waals surface area contributed by atoms with E-state index in [1.807, 2.05) is 48.5 Å². The molecule has 0 aromatic heterocycles. The normalized spacial score (nSPS) is 12.3. The molecule has 2 rings (SSSR count). The van der Waals surface area contributed by atoms with Crippen LogP contribution in [-0.2, 0) is 6.42 Å². The predicted molar refractivity (Wildman–Crippen MR) is 75.6 cm³/mol. The number of rotatable bonds is 5. The fourth-order valence-electron chi connectivity index (χ4n) is 2.21. The summed E-state index contributed by atoms with van der Waals surface area (Å²) in [5.74, 6) is 0. The summed E-state index contributed by atoms with van der Waals surface area (Å²) in [6.45, 7) is 2.19. The van der Waals surface area contributed by atoms with Gasteiger partial charge in [0.05, 0.1) is 0 Å². The maximum Gasteiger partial charge on any atom is 0.104 e. The molecule has 0 bridgehead atoms. The second-order valence-corrected chi connectivity index (χ2v) is 4.62. The first-order valence-corrected chi connectivity index (χ1v) is 6.63. The summed E-state index contributed by atoms with van der Waals surface area (Å²) in [5.41, 5.74) is 3.26. The van der Waals surface area contributed by atoms with Crippen LogP contribution < -0.4 is 0 Å². The van der Waals surface area contributed by atoms with Gasteiger partial charge in [0.2, 0.25) is 0 Å². The summed E-state index contributed by atoms with van der Waals surface area (Å²) < 4.78 is 0. The highest BCUT2D eigenvalue weighted by Crippen LogP contribution is 2.25. The van der Waals surface area contributed by atoms with Gasteiger partial charge in [0.1, 0.15) is 6.10 Å². The quantitative estimate of drug-likeness (QED) is 0.833. The summed E-state index contributed by atoms with van der Waals surface area (Å²) in [6.07, 6.45) is 2.87. The van der Waals surface area contributed by atoms with Crippen molar-refractivity contribution in [2.45, 2.75) is 32.3 Å². The van der Waals surface area contributed by atoms with E-state index in [4.69, 9.17) is 0 Å². The van der Waals surface area contributed by atoms with Gasteiger partial charge in [-0.15, -0.1) is 0 Å². The Morgan fingerprint density at radius 1 is 0.944 bits per heavy atom. The Bertz CT molecular complexity index is 476. The molecular formula is C17H20O. The van der Waals surface area contributed by atoms with Crippen LogP contribution in [0.1, 0.15) is 42.6 Å². The van der Waals surface area contributed by atoms with E-state index in [1.54, 1.807) is 0 Å². The van der Waals surface area contributed by atoms with Crippen molar-refractivity contribution in [2.75, 3.05) is 0 Å². The van der Waals surface area contributed by atoms with Crippen molar-refractivity contribution in [2.24, 2.45) is 0 Å². The summed E-state index contributed by atoms with van der Waals surface area (Å²) in [5, 5.41) is 10.5. The fourth-order valence-corrected chi connectivity index (χ4v) is 2.21. The van der Waals surface area contributed by atoms with E-state index in [-0.39, 0.29) is 0 Å². The molecule has 0 heterocycles. The smallest absolute Gasteiger partial charge is 0.104 e. The second kappa shape index (κ2) is 6.36. The van der Waals surface area contributed by atoms with Gasteiger partial charge in [-0.3, -0.25) is 0 Å². The molecule has 0 saturated heterocycles. The number of unbranched alkanes of at least 4 members (excludes halogenated alkanes) is 1. The van der Waals surface area contributed by atoms with E-state index in [0.717, 1.165) is 17.5 Å². The standard InChI is InChI=1S/C17H20O/c1-2-3-9-14-10-7-8-13-16(14)17(18)15-11-5-4-6-12-15/h4-8,10-13,17-18H,2-3,9H2,1H3. The van der Waals surface area contributed by atoms with Crippen LogP contribution >= 0.6 is 0 Å². The highest BCUT2D eigenvalue weighted by Gasteiger charge is 2.13. The molecule has 0 aliphatic rings. The number of aryl methyl sites for hydroxylation is 1. The van der Waals surface area contributed by atoms with Gasteiger partial charge in [-0.2, -0.15) is 0 Å². The lowest BCUT2D eigenvalue weighted by molar-refractivity contribution is 0.219. The van der Waals surface area contributed by atoms with Crippen LogP contribution in [-0.4, -0.2) is 5.11 Å². The Hall–Kier alpha value is -1.60. The zero-order valence-electron chi connectivity index (χ0n) is 10.8. The van der Waals surface area contributed by atoms with Gasteiger partial charge in [0.25, 0.3) is 0 Å². The molecule has 1 unspecified atom stereocenters. The van der Waals surface area contributed by atoms with Gasteiger partial charge in [0.15, 0.2) is 0 Å². The fraction of sp³-hybridized carbons (Fsp3) is 0.294. The Morgan fingerprint density at radius 3 is 2.33 bits per heavy atom. The molecule has 0 radical (unpaired) electrons. The summed E-state index contributed by atoms with van der Waals surface area (Å²) in [7, 11) is 0. The van der Waals surface area contributed by atoms with Gasteiger partial charge in [0, 0.05) is 0 Å². The molecule has 2 aromatic carbocycles. The molecule has 94 valence electrons. The minimum atomic E-state index is -0.515. The lowest BCUT2D eigenvalue weighted by atomic mass is 9.94. The Balaban J connectivity index is 2.27. The number of benzene rings is 2. The minimum absolute atomic E-state index is 0.515. The molecule has 0 saturated carbocycles. The monoisotopic (exact) mass is 240 g/mol. The highest BCUT2D eigenvalue weighted by molar-refractivity contribution is 5.35. The maximum absolute atomic E-state index is 10.5. The zero-order valence-corrected chi connectivity index (χ0v) is 10.8. The summed E-state index contributed by atoms with van der Waals surface area (Å²) in [6, 6.07) is 18.0.